The van der Waals surface area contributed by atoms with E-state index < -0.39 is 34.6 Å². The molecule has 5 rings (SSSR count). The Morgan fingerprint density at radius 1 is 1.17 bits per heavy atom. The Morgan fingerprint density at radius 3 is 2.44 bits per heavy atom. The number of aliphatic hydroxyl groups excluding tert-OH is 1. The van der Waals surface area contributed by atoms with Gasteiger partial charge in [-0.05, 0) is 24.0 Å². The molecule has 0 radical (unpaired) electrons. The van der Waals surface area contributed by atoms with E-state index in [-0.39, 0.29) is 23.7 Å². The first-order chi connectivity index (χ1) is 17.4. The van der Waals surface area contributed by atoms with Gasteiger partial charge < -0.3 is 20.0 Å². The van der Waals surface area contributed by atoms with Gasteiger partial charge in [0.2, 0.25) is 11.8 Å². The Balaban J connectivity index is 1.60. The molecule has 2 aromatic carbocycles. The minimum absolute atomic E-state index is 0.194. The molecule has 8 heteroatoms. The molecule has 2 N–H and O–H groups in total. The van der Waals surface area contributed by atoms with Crippen LogP contribution >= 0.6 is 11.8 Å². The average molecular weight is 507 g/mol. The highest BCUT2D eigenvalue weighted by molar-refractivity contribution is 8.02. The number of carbonyl (C=O) groups is 3. The molecule has 3 aliphatic rings. The fourth-order valence-electron chi connectivity index (χ4n) is 6.38. The fraction of sp³-hybridized carbons (Fsp3) is 0.393. The Hall–Kier alpha value is -3.10. The molecule has 1 spiro atoms. The number of amides is 2. The maximum atomic E-state index is 14.4. The predicted octanol–water partition coefficient (Wildman–Crippen LogP) is 3.11. The van der Waals surface area contributed by atoms with Crippen molar-refractivity contribution in [2.45, 2.75) is 41.5 Å². The summed E-state index contributed by atoms with van der Waals surface area (Å²) >= 11 is 1.50. The zero-order valence-corrected chi connectivity index (χ0v) is 20.7. The standard InChI is InChI=1S/C28H30N2O5S/c1-2-15-29(16-18-9-5-3-6-10-18)26(33)24-28-14-13-21(36-28)22(27(34)35)23(28)25(32)30(24)20(17-31)19-11-7-4-8-12-19/h2-12,20-24,31H,1,13-17H2,(H,34,35)/t20-,21-,22+,23+,24?,28?/m1/s1. The van der Waals surface area contributed by atoms with Gasteiger partial charge in [-0.1, -0.05) is 66.7 Å². The summed E-state index contributed by atoms with van der Waals surface area (Å²) in [6, 6.07) is 17.2. The van der Waals surface area contributed by atoms with Crippen LogP contribution in [0.4, 0.5) is 0 Å². The predicted molar refractivity (Wildman–Crippen MR) is 137 cm³/mol. The van der Waals surface area contributed by atoms with Crippen LogP contribution in [-0.2, 0) is 20.9 Å². The number of benzene rings is 2. The molecule has 0 aliphatic carbocycles. The van der Waals surface area contributed by atoms with Crippen LogP contribution in [0.5, 0.6) is 0 Å². The van der Waals surface area contributed by atoms with Crippen LogP contribution in [0.1, 0.15) is 30.0 Å². The summed E-state index contributed by atoms with van der Waals surface area (Å²) < 4.78 is -0.833. The monoisotopic (exact) mass is 506 g/mol. The number of fused-ring (bicyclic) bond motifs is 1. The first kappa shape index (κ1) is 24.6. The van der Waals surface area contributed by atoms with Crippen molar-refractivity contribution >= 4 is 29.5 Å². The third-order valence-corrected chi connectivity index (χ3v) is 9.78. The summed E-state index contributed by atoms with van der Waals surface area (Å²) in [5.41, 5.74) is 1.67. The van der Waals surface area contributed by atoms with Crippen LogP contribution in [0.3, 0.4) is 0 Å². The van der Waals surface area contributed by atoms with Crippen molar-refractivity contribution in [1.29, 1.82) is 0 Å². The topological polar surface area (TPSA) is 98.2 Å². The largest absolute Gasteiger partial charge is 0.481 e. The van der Waals surface area contributed by atoms with Crippen LogP contribution in [0, 0.1) is 11.8 Å². The van der Waals surface area contributed by atoms with Crippen LogP contribution in [0.25, 0.3) is 0 Å². The van der Waals surface area contributed by atoms with E-state index in [1.807, 2.05) is 60.7 Å². The van der Waals surface area contributed by atoms with E-state index in [4.69, 9.17) is 0 Å². The normalized spacial score (nSPS) is 29.1. The van der Waals surface area contributed by atoms with Crippen molar-refractivity contribution < 1.29 is 24.6 Å². The second-order valence-electron chi connectivity index (χ2n) is 9.74. The zero-order valence-electron chi connectivity index (χ0n) is 19.9. The lowest BCUT2D eigenvalue weighted by molar-refractivity contribution is -0.150. The minimum atomic E-state index is -0.993. The Bertz CT molecular complexity index is 1160. The van der Waals surface area contributed by atoms with Crippen molar-refractivity contribution in [3.8, 4) is 0 Å². The number of thioether (sulfide) groups is 1. The molecule has 3 fully saturated rings. The number of rotatable bonds is 9. The van der Waals surface area contributed by atoms with Crippen molar-refractivity contribution in [3.05, 3.63) is 84.4 Å². The number of carboxylic acid groups (broad SMARTS) is 1. The smallest absolute Gasteiger partial charge is 0.308 e. The molecule has 6 atom stereocenters. The van der Waals surface area contributed by atoms with Gasteiger partial charge in [-0.25, -0.2) is 0 Å². The molecule has 2 bridgehead atoms. The Morgan fingerprint density at radius 2 is 1.83 bits per heavy atom. The molecule has 2 unspecified atom stereocenters. The van der Waals surface area contributed by atoms with Crippen LogP contribution < -0.4 is 0 Å². The number of carboxylic acids is 1. The third kappa shape index (κ3) is 3.83. The van der Waals surface area contributed by atoms with Crippen LogP contribution in [0.2, 0.25) is 0 Å². The Labute approximate surface area is 214 Å². The zero-order chi connectivity index (χ0) is 25.4. The van der Waals surface area contributed by atoms with Crippen molar-refractivity contribution in [1.82, 2.24) is 9.80 Å². The highest BCUT2D eigenvalue weighted by Gasteiger charge is 2.74. The van der Waals surface area contributed by atoms with E-state index in [9.17, 15) is 24.6 Å². The van der Waals surface area contributed by atoms with Crippen LogP contribution in [-0.4, -0.2) is 67.0 Å². The molecule has 2 aromatic rings. The first-order valence-electron chi connectivity index (χ1n) is 12.2. The maximum Gasteiger partial charge on any atom is 0.308 e. The molecule has 2 amide bonds. The second-order valence-corrected chi connectivity index (χ2v) is 11.3. The van der Waals surface area contributed by atoms with Gasteiger partial charge >= 0.3 is 5.97 Å². The van der Waals surface area contributed by atoms with Crippen molar-refractivity contribution in [3.63, 3.8) is 0 Å². The van der Waals surface area contributed by atoms with E-state index in [1.165, 1.54) is 16.7 Å². The molecule has 3 saturated heterocycles. The number of aliphatic hydroxyl groups is 1. The van der Waals surface area contributed by atoms with E-state index in [1.54, 1.807) is 11.0 Å². The molecule has 3 heterocycles. The number of carbonyl (C=O) groups excluding carboxylic acids is 2. The number of nitrogens with zero attached hydrogens (tertiary/aromatic N) is 2. The summed E-state index contributed by atoms with van der Waals surface area (Å²) in [4.78, 5) is 44.0. The van der Waals surface area contributed by atoms with Gasteiger partial charge in [0.05, 0.1) is 29.2 Å². The van der Waals surface area contributed by atoms with E-state index >= 15 is 0 Å². The highest BCUT2D eigenvalue weighted by atomic mass is 32.2. The minimum Gasteiger partial charge on any atom is -0.481 e. The van der Waals surface area contributed by atoms with Crippen molar-refractivity contribution in [2.75, 3.05) is 13.2 Å². The van der Waals surface area contributed by atoms with Gasteiger partial charge in [0.1, 0.15) is 6.04 Å². The third-order valence-electron chi connectivity index (χ3n) is 7.83. The number of hydrogen-bond donors (Lipinski definition) is 2. The second kappa shape index (κ2) is 9.75. The molecule has 188 valence electrons. The van der Waals surface area contributed by atoms with Gasteiger partial charge in [0.25, 0.3) is 0 Å². The molecule has 0 aromatic heterocycles. The molecule has 7 nitrogen and oxygen atoms in total. The van der Waals surface area contributed by atoms with Gasteiger partial charge in [0, 0.05) is 18.3 Å². The van der Waals surface area contributed by atoms with E-state index in [2.05, 4.69) is 6.58 Å². The summed E-state index contributed by atoms with van der Waals surface area (Å²) in [5, 5.41) is 20.4. The lowest BCUT2D eigenvalue weighted by Gasteiger charge is -2.39. The quantitative estimate of drug-likeness (QED) is 0.507. The first-order valence-corrected chi connectivity index (χ1v) is 13.1. The summed E-state index contributed by atoms with van der Waals surface area (Å²) in [5.74, 6) is -3.21. The summed E-state index contributed by atoms with van der Waals surface area (Å²) in [6.45, 7) is 4.10. The maximum absolute atomic E-state index is 14.4. The van der Waals surface area contributed by atoms with Gasteiger partial charge in [0.15, 0.2) is 0 Å². The van der Waals surface area contributed by atoms with Crippen molar-refractivity contribution in [2.24, 2.45) is 11.8 Å². The van der Waals surface area contributed by atoms with E-state index in [0.717, 1.165) is 5.56 Å². The van der Waals surface area contributed by atoms with Gasteiger partial charge in [-0.3, -0.25) is 14.4 Å². The average Bonchev–Trinajstić information content (AvgIpc) is 3.53. The highest BCUT2D eigenvalue weighted by Crippen LogP contribution is 2.67. The SMILES string of the molecule is C=CCN(Cc1ccccc1)C(=O)C1N([C@H](CO)c2ccccc2)C(=O)[C@@H]2[C@@H](C(=O)O)[C@H]3CCC12S3. The number of likely N-dealkylation sites (tertiary alicyclic amines) is 1. The number of aliphatic carboxylic acids is 1. The molecule has 36 heavy (non-hydrogen) atoms. The summed E-state index contributed by atoms with van der Waals surface area (Å²) in [7, 11) is 0. The molecular weight excluding hydrogens is 476 g/mol. The lowest BCUT2D eigenvalue weighted by Crippen LogP contribution is -2.55. The van der Waals surface area contributed by atoms with Crippen LogP contribution in [0.15, 0.2) is 73.3 Å². The Kier molecular flexibility index (Phi) is 6.66. The van der Waals surface area contributed by atoms with Gasteiger partial charge in [-0.15, -0.1) is 18.3 Å². The fourth-order valence-corrected chi connectivity index (χ4v) is 8.57. The molecule has 0 saturated carbocycles. The molecular formula is C28H30N2O5S. The number of hydrogen-bond acceptors (Lipinski definition) is 5. The molecule has 3 aliphatic heterocycles. The lowest BCUT2D eigenvalue weighted by atomic mass is 9.71. The summed E-state index contributed by atoms with van der Waals surface area (Å²) in [6.07, 6.45) is 2.91. The van der Waals surface area contributed by atoms with Gasteiger partial charge in [-0.2, -0.15) is 0 Å². The van der Waals surface area contributed by atoms with E-state index in [0.29, 0.717) is 31.5 Å².